The molecule has 0 saturated carbocycles. The quantitative estimate of drug-likeness (QED) is 0.727. The molecule has 12 heavy (non-hydrogen) atoms. The molecule has 0 aliphatic rings. The third-order valence-corrected chi connectivity index (χ3v) is 2.17. The summed E-state index contributed by atoms with van der Waals surface area (Å²) in [6.07, 6.45) is 0.851. The Bertz CT molecular complexity index is 243. The Kier molecular flexibility index (Phi) is 3.30. The minimum atomic E-state index is 0.273. The molecule has 0 saturated heterocycles. The molecular formula is C11H16O. The summed E-state index contributed by atoms with van der Waals surface area (Å²) < 4.78 is 0. The maximum atomic E-state index is 8.77. The largest absolute Gasteiger partial charge is 0.396 e. The molecule has 1 nitrogen and oxygen atoms in total. The van der Waals surface area contributed by atoms with Crippen molar-refractivity contribution in [3.8, 4) is 0 Å². The first-order valence-corrected chi connectivity index (χ1v) is 4.41. The van der Waals surface area contributed by atoms with Crippen LogP contribution in [0.15, 0.2) is 24.3 Å². The van der Waals surface area contributed by atoms with Gasteiger partial charge in [0.05, 0.1) is 0 Å². The molecule has 1 heteroatoms. The lowest BCUT2D eigenvalue weighted by molar-refractivity contribution is 0.278. The molecule has 0 aromatic heterocycles. The van der Waals surface area contributed by atoms with Crippen LogP contribution >= 0.6 is 0 Å². The van der Waals surface area contributed by atoms with Crippen LogP contribution < -0.4 is 0 Å². The summed E-state index contributed by atoms with van der Waals surface area (Å²) >= 11 is 0. The molecule has 1 N–H and O–H groups in total. The van der Waals surface area contributed by atoms with E-state index in [0.717, 1.165) is 6.42 Å². The summed E-state index contributed by atoms with van der Waals surface area (Å²) in [6.45, 7) is 4.51. The molecule has 1 rings (SSSR count). The van der Waals surface area contributed by atoms with Crippen molar-refractivity contribution in [2.24, 2.45) is 0 Å². The number of benzene rings is 1. The van der Waals surface area contributed by atoms with E-state index in [-0.39, 0.29) is 6.61 Å². The number of hydrogen-bond donors (Lipinski definition) is 1. The molecule has 0 bridgehead atoms. The van der Waals surface area contributed by atoms with E-state index >= 15 is 0 Å². The summed E-state index contributed by atoms with van der Waals surface area (Å²) in [5, 5.41) is 8.77. The second-order valence-electron chi connectivity index (χ2n) is 3.33. The van der Waals surface area contributed by atoms with Crippen molar-refractivity contribution in [1.82, 2.24) is 0 Å². The molecule has 0 aliphatic carbocycles. The first-order chi connectivity index (χ1) is 5.74. The van der Waals surface area contributed by atoms with Crippen molar-refractivity contribution < 1.29 is 5.11 Å². The maximum Gasteiger partial charge on any atom is 0.0436 e. The summed E-state index contributed by atoms with van der Waals surface area (Å²) in [5.74, 6) is 0.467. The van der Waals surface area contributed by atoms with Gasteiger partial charge in [0.15, 0.2) is 0 Å². The van der Waals surface area contributed by atoms with Crippen LogP contribution in [-0.4, -0.2) is 11.7 Å². The van der Waals surface area contributed by atoms with Gasteiger partial charge in [0, 0.05) is 6.61 Å². The van der Waals surface area contributed by atoms with Crippen LogP contribution in [0.3, 0.4) is 0 Å². The normalized spacial score (nSPS) is 12.9. The highest BCUT2D eigenvalue weighted by Crippen LogP contribution is 2.18. The monoisotopic (exact) mass is 164 g/mol. The Hall–Kier alpha value is -0.820. The van der Waals surface area contributed by atoms with Crippen LogP contribution in [0.2, 0.25) is 0 Å². The van der Waals surface area contributed by atoms with Crippen molar-refractivity contribution in [2.75, 3.05) is 6.61 Å². The van der Waals surface area contributed by atoms with E-state index in [0.29, 0.717) is 5.92 Å². The van der Waals surface area contributed by atoms with Gasteiger partial charge in [-0.25, -0.2) is 0 Å². The molecule has 1 atom stereocenters. The van der Waals surface area contributed by atoms with Crippen molar-refractivity contribution in [3.05, 3.63) is 35.4 Å². The van der Waals surface area contributed by atoms with Gasteiger partial charge in [-0.2, -0.15) is 0 Å². The molecule has 0 amide bonds. The Morgan fingerprint density at radius 1 is 1.42 bits per heavy atom. The zero-order valence-corrected chi connectivity index (χ0v) is 7.75. The van der Waals surface area contributed by atoms with Crippen LogP contribution in [0, 0.1) is 6.92 Å². The van der Waals surface area contributed by atoms with Gasteiger partial charge < -0.3 is 5.11 Å². The van der Waals surface area contributed by atoms with E-state index in [2.05, 4.69) is 38.1 Å². The van der Waals surface area contributed by atoms with E-state index in [9.17, 15) is 0 Å². The first kappa shape index (κ1) is 9.27. The lowest BCUT2D eigenvalue weighted by Crippen LogP contribution is -1.96. The zero-order valence-electron chi connectivity index (χ0n) is 7.75. The van der Waals surface area contributed by atoms with Crippen LogP contribution in [0.5, 0.6) is 0 Å². The minimum absolute atomic E-state index is 0.273. The summed E-state index contributed by atoms with van der Waals surface area (Å²) in [6, 6.07) is 8.46. The number of aliphatic hydroxyl groups excluding tert-OH is 1. The molecular weight excluding hydrogens is 148 g/mol. The fraction of sp³-hybridized carbons (Fsp3) is 0.455. The minimum Gasteiger partial charge on any atom is -0.396 e. The Labute approximate surface area is 74.1 Å². The van der Waals surface area contributed by atoms with Gasteiger partial charge in [-0.05, 0) is 24.8 Å². The molecule has 0 heterocycles. The molecule has 1 aromatic carbocycles. The fourth-order valence-electron chi connectivity index (χ4n) is 1.34. The SMILES string of the molecule is Cc1cccc(C(C)CCO)c1. The standard InChI is InChI=1S/C11H16O/c1-9-4-3-5-11(8-9)10(2)6-7-12/h3-5,8,10,12H,6-7H2,1-2H3. The molecule has 1 aromatic rings. The molecule has 1 unspecified atom stereocenters. The van der Waals surface area contributed by atoms with Crippen LogP contribution in [0.1, 0.15) is 30.4 Å². The first-order valence-electron chi connectivity index (χ1n) is 4.41. The Balaban J connectivity index is 2.73. The van der Waals surface area contributed by atoms with Crippen LogP contribution in [-0.2, 0) is 0 Å². The predicted molar refractivity (Wildman–Crippen MR) is 51.3 cm³/mol. The maximum absolute atomic E-state index is 8.77. The topological polar surface area (TPSA) is 20.2 Å². The van der Waals surface area contributed by atoms with Gasteiger partial charge in [0.25, 0.3) is 0 Å². The van der Waals surface area contributed by atoms with E-state index in [1.54, 1.807) is 0 Å². The van der Waals surface area contributed by atoms with Gasteiger partial charge in [-0.3, -0.25) is 0 Å². The van der Waals surface area contributed by atoms with Crippen molar-refractivity contribution in [3.63, 3.8) is 0 Å². The molecule has 0 fully saturated rings. The summed E-state index contributed by atoms with van der Waals surface area (Å²) in [4.78, 5) is 0. The number of hydrogen-bond acceptors (Lipinski definition) is 1. The second kappa shape index (κ2) is 4.27. The summed E-state index contributed by atoms with van der Waals surface area (Å²) in [5.41, 5.74) is 2.61. The third-order valence-electron chi connectivity index (χ3n) is 2.17. The van der Waals surface area contributed by atoms with E-state index in [4.69, 9.17) is 5.11 Å². The van der Waals surface area contributed by atoms with Gasteiger partial charge >= 0.3 is 0 Å². The van der Waals surface area contributed by atoms with Crippen molar-refractivity contribution >= 4 is 0 Å². The zero-order chi connectivity index (χ0) is 8.97. The third kappa shape index (κ3) is 2.35. The Morgan fingerprint density at radius 3 is 2.75 bits per heavy atom. The fourth-order valence-corrected chi connectivity index (χ4v) is 1.34. The predicted octanol–water partition coefficient (Wildman–Crippen LogP) is 2.48. The summed E-state index contributed by atoms with van der Waals surface area (Å²) in [7, 11) is 0. The van der Waals surface area contributed by atoms with Gasteiger partial charge in [-0.1, -0.05) is 36.8 Å². The van der Waals surface area contributed by atoms with E-state index in [1.165, 1.54) is 11.1 Å². The van der Waals surface area contributed by atoms with Crippen LogP contribution in [0.4, 0.5) is 0 Å². The van der Waals surface area contributed by atoms with E-state index in [1.807, 2.05) is 0 Å². The van der Waals surface area contributed by atoms with Gasteiger partial charge in [0.1, 0.15) is 0 Å². The number of rotatable bonds is 3. The molecule has 0 aliphatic heterocycles. The van der Waals surface area contributed by atoms with Crippen molar-refractivity contribution in [1.29, 1.82) is 0 Å². The number of aryl methyl sites for hydroxylation is 1. The second-order valence-corrected chi connectivity index (χ2v) is 3.33. The van der Waals surface area contributed by atoms with Gasteiger partial charge in [-0.15, -0.1) is 0 Å². The number of aliphatic hydroxyl groups is 1. The van der Waals surface area contributed by atoms with Crippen molar-refractivity contribution in [2.45, 2.75) is 26.2 Å². The molecule has 0 radical (unpaired) electrons. The highest BCUT2D eigenvalue weighted by Gasteiger charge is 2.03. The highest BCUT2D eigenvalue weighted by molar-refractivity contribution is 5.24. The average molecular weight is 164 g/mol. The lowest BCUT2D eigenvalue weighted by atomic mass is 9.97. The van der Waals surface area contributed by atoms with E-state index < -0.39 is 0 Å². The highest BCUT2D eigenvalue weighted by atomic mass is 16.3. The average Bonchev–Trinajstić information content (AvgIpc) is 2.05. The molecule has 66 valence electrons. The van der Waals surface area contributed by atoms with Crippen LogP contribution in [0.25, 0.3) is 0 Å². The van der Waals surface area contributed by atoms with Gasteiger partial charge in [0.2, 0.25) is 0 Å². The smallest absolute Gasteiger partial charge is 0.0436 e. The Morgan fingerprint density at radius 2 is 2.17 bits per heavy atom. The molecule has 0 spiro atoms. The lowest BCUT2D eigenvalue weighted by Gasteiger charge is -2.10.